The third-order valence-corrected chi connectivity index (χ3v) is 11.5. The molecule has 7 rings (SSSR count). The summed E-state index contributed by atoms with van der Waals surface area (Å²) in [6, 6.07) is 19.4. The van der Waals surface area contributed by atoms with Crippen LogP contribution in [0.25, 0.3) is 0 Å². The van der Waals surface area contributed by atoms with Gasteiger partial charge in [-0.1, -0.05) is 31.9 Å². The number of likely N-dealkylation sites (N-methyl/N-ethyl adjacent to an activating group) is 3. The van der Waals surface area contributed by atoms with Gasteiger partial charge in [0.2, 0.25) is 5.82 Å². The first kappa shape index (κ1) is 65.3. The fourth-order valence-electron chi connectivity index (χ4n) is 6.80. The minimum absolute atomic E-state index is 0. The molecule has 19 nitrogen and oxygen atoms in total. The molecule has 4 aromatic rings. The van der Waals surface area contributed by atoms with E-state index >= 15 is 0 Å². The normalized spacial score (nSPS) is 14.8. The standard InChI is InChI=1S/C14H21N3O3.C14H23N3O.C9H10BrNO3.C6H3BrFNO2.C5H12N2.CH3.Pd/c1-11(2)20-14-10-12(4-5-13(14)17(18)19)16-8-6-15(3)7-9-16;1-11(2)18-14-10-12(4-5-13(14)15)17-8-6-16(3)7-9-17;1-6(2)14-9-5-7(10)3-4-8(9)11(12)13;7-4-1-2-6(9(10)11)5(8)3-4;1-7-4-2-6-3-5-7;;/h4-5,10-11H,6-9H2,1-3H3;4-5,10-11H,6-9,15H2,1-3H3;3-6H,1-2H3;1-3H;6H,2-5H2,1H3;1H3;/q;;;;;-1;. The molecule has 3 aliphatic rings. The molecular weight excluding hydrogens is 1160 g/mol. The van der Waals surface area contributed by atoms with Crippen molar-refractivity contribution in [2.45, 2.75) is 59.9 Å². The summed E-state index contributed by atoms with van der Waals surface area (Å²) >= 11 is 6.22. The van der Waals surface area contributed by atoms with E-state index in [1.807, 2.05) is 47.6 Å². The van der Waals surface area contributed by atoms with Crippen LogP contribution in [0.3, 0.4) is 0 Å². The first-order valence-electron chi connectivity index (χ1n) is 23.0. The van der Waals surface area contributed by atoms with Crippen LogP contribution >= 0.6 is 31.9 Å². The van der Waals surface area contributed by atoms with E-state index < -0.39 is 26.3 Å². The Hall–Kier alpha value is -4.73. The molecule has 0 bridgehead atoms. The van der Waals surface area contributed by atoms with Crippen LogP contribution in [0.2, 0.25) is 0 Å². The van der Waals surface area contributed by atoms with Gasteiger partial charge in [0.15, 0.2) is 11.5 Å². The number of ether oxygens (including phenoxy) is 3. The van der Waals surface area contributed by atoms with Gasteiger partial charge in [-0.15, -0.1) is 0 Å². The van der Waals surface area contributed by atoms with E-state index in [4.69, 9.17) is 19.9 Å². The average molecular weight is 1230 g/mol. The number of anilines is 3. The molecule has 0 atom stereocenters. The first-order chi connectivity index (χ1) is 33.0. The van der Waals surface area contributed by atoms with Crippen LogP contribution in [-0.4, -0.2) is 147 Å². The Kier molecular flexibility index (Phi) is 30.1. The van der Waals surface area contributed by atoms with Crippen molar-refractivity contribution in [2.75, 3.05) is 115 Å². The zero-order valence-electron chi connectivity index (χ0n) is 42.9. The molecule has 0 spiro atoms. The van der Waals surface area contributed by atoms with Crippen LogP contribution in [-0.2, 0) is 20.4 Å². The average Bonchev–Trinajstić information content (AvgIpc) is 3.28. The Morgan fingerprint density at radius 2 is 0.889 bits per heavy atom. The Morgan fingerprint density at radius 3 is 1.28 bits per heavy atom. The molecule has 0 amide bonds. The van der Waals surface area contributed by atoms with Gasteiger partial charge in [0.25, 0.3) is 0 Å². The number of benzene rings is 4. The number of nitrogens with one attached hydrogen (secondary N) is 1. The summed E-state index contributed by atoms with van der Waals surface area (Å²) in [6.07, 6.45) is -0.0190. The number of hydrogen-bond acceptors (Lipinski definition) is 16. The largest absolute Gasteiger partial charge is 0.489 e. The number of halogens is 3. The zero-order chi connectivity index (χ0) is 52.1. The second-order valence-electron chi connectivity index (χ2n) is 17.5. The molecule has 3 N–H and O–H groups in total. The third-order valence-electron chi connectivity index (χ3n) is 10.5. The molecule has 0 aliphatic carbocycles. The number of nitro groups is 3. The number of piperazine rings is 3. The summed E-state index contributed by atoms with van der Waals surface area (Å²) in [5, 5.41) is 35.0. The van der Waals surface area contributed by atoms with Gasteiger partial charge >= 0.3 is 17.1 Å². The number of rotatable bonds is 11. The maximum atomic E-state index is 12.6. The molecule has 3 aliphatic heterocycles. The van der Waals surface area contributed by atoms with Crippen molar-refractivity contribution in [3.63, 3.8) is 0 Å². The molecule has 3 saturated heterocycles. The quantitative estimate of drug-likeness (QED) is 0.0471. The minimum atomic E-state index is -0.829. The monoisotopic (exact) mass is 1230 g/mol. The molecule has 72 heavy (non-hydrogen) atoms. The van der Waals surface area contributed by atoms with Crippen molar-refractivity contribution in [3.8, 4) is 17.2 Å². The Labute approximate surface area is 454 Å². The fraction of sp³-hybridized carbons (Fsp3) is 0.490. The van der Waals surface area contributed by atoms with Gasteiger partial charge in [-0.05, 0) is 99.1 Å². The van der Waals surface area contributed by atoms with E-state index in [1.54, 1.807) is 24.3 Å². The van der Waals surface area contributed by atoms with Crippen molar-refractivity contribution in [1.29, 1.82) is 0 Å². The maximum absolute atomic E-state index is 12.6. The number of nitrogen functional groups attached to an aromatic ring is 1. The van der Waals surface area contributed by atoms with Crippen LogP contribution in [0, 0.1) is 43.6 Å². The predicted molar refractivity (Wildman–Crippen MR) is 289 cm³/mol. The maximum Gasteiger partial charge on any atom is 0.311 e. The van der Waals surface area contributed by atoms with Crippen molar-refractivity contribution in [1.82, 2.24) is 20.0 Å². The SMILES string of the molecule is CC(C)Oc1cc(Br)ccc1[N+](=O)[O-].CC(C)Oc1cc(N2CCN(C)CC2)ccc1N.CC(C)Oc1cc(N2CCN(C)CC2)ccc1[N+](=O)[O-].CN1CCNCC1.O=[N+]([O-])c1ccc(Br)cc1F.[CH3-].[Pd]. The Bertz CT molecular complexity index is 2280. The molecule has 3 fully saturated rings. The van der Waals surface area contributed by atoms with Crippen LogP contribution in [0.1, 0.15) is 41.5 Å². The molecule has 0 saturated carbocycles. The molecule has 4 aromatic carbocycles. The van der Waals surface area contributed by atoms with Crippen molar-refractivity contribution >= 4 is 66.0 Å². The molecule has 23 heteroatoms. The first-order valence-corrected chi connectivity index (χ1v) is 24.6. The van der Waals surface area contributed by atoms with E-state index in [0.29, 0.717) is 21.7 Å². The summed E-state index contributed by atoms with van der Waals surface area (Å²) in [4.78, 5) is 41.7. The number of nitro benzene ring substituents is 3. The zero-order valence-corrected chi connectivity index (χ0v) is 47.7. The van der Waals surface area contributed by atoms with Crippen molar-refractivity contribution in [3.05, 3.63) is 125 Å². The fourth-order valence-corrected chi connectivity index (χ4v) is 7.47. The van der Waals surface area contributed by atoms with Crippen LogP contribution in [0.15, 0.2) is 81.7 Å². The Morgan fingerprint density at radius 1 is 0.542 bits per heavy atom. The van der Waals surface area contributed by atoms with Gasteiger partial charge in [-0.2, -0.15) is 4.39 Å². The van der Waals surface area contributed by atoms with Gasteiger partial charge in [0.1, 0.15) is 5.75 Å². The number of nitrogens with two attached hydrogens (primary N) is 1. The smallest absolute Gasteiger partial charge is 0.311 e. The number of nitrogens with zero attached hydrogens (tertiary/aromatic N) is 8. The van der Waals surface area contributed by atoms with Gasteiger partial charge < -0.3 is 57.2 Å². The van der Waals surface area contributed by atoms with Crippen molar-refractivity contribution < 1.29 is 53.8 Å². The van der Waals surface area contributed by atoms with E-state index in [9.17, 15) is 34.7 Å². The van der Waals surface area contributed by atoms with E-state index in [-0.39, 0.29) is 57.5 Å². The van der Waals surface area contributed by atoms with Gasteiger partial charge in [0, 0.05) is 156 Å². The molecule has 404 valence electrons. The van der Waals surface area contributed by atoms with Crippen LogP contribution in [0.5, 0.6) is 17.2 Å². The summed E-state index contributed by atoms with van der Waals surface area (Å²) in [6.45, 7) is 24.3. The summed E-state index contributed by atoms with van der Waals surface area (Å²) < 4.78 is 30.5. The van der Waals surface area contributed by atoms with Crippen LogP contribution in [0.4, 0.5) is 38.5 Å². The van der Waals surface area contributed by atoms with Crippen molar-refractivity contribution in [2.24, 2.45) is 0 Å². The van der Waals surface area contributed by atoms with Gasteiger partial charge in [-0.25, -0.2) is 0 Å². The van der Waals surface area contributed by atoms with E-state index in [1.165, 1.54) is 37.0 Å². The summed E-state index contributed by atoms with van der Waals surface area (Å²) in [5.74, 6) is 0.603. The topological polar surface area (TPSA) is 211 Å². The Balaban J connectivity index is 0.000000463. The van der Waals surface area contributed by atoms with E-state index in [0.717, 1.165) is 93.5 Å². The molecule has 0 unspecified atom stereocenters. The molecule has 0 radical (unpaired) electrons. The van der Waals surface area contributed by atoms with Gasteiger partial charge in [0.05, 0.1) is 38.8 Å². The molecular formula is C49H72Br2FN10O9Pd-. The predicted octanol–water partition coefficient (Wildman–Crippen LogP) is 9.55. The second-order valence-corrected chi connectivity index (χ2v) is 19.3. The van der Waals surface area contributed by atoms with Gasteiger partial charge in [-0.3, -0.25) is 30.3 Å². The molecule has 0 aromatic heterocycles. The van der Waals surface area contributed by atoms with E-state index in [2.05, 4.69) is 95.0 Å². The molecule has 3 heterocycles. The second kappa shape index (κ2) is 33.2. The summed E-state index contributed by atoms with van der Waals surface area (Å²) in [5.41, 5.74) is 8.34. The third kappa shape index (κ3) is 23.4. The number of hydrogen-bond donors (Lipinski definition) is 2. The summed E-state index contributed by atoms with van der Waals surface area (Å²) in [7, 11) is 6.41. The minimum Gasteiger partial charge on any atom is -0.489 e. The van der Waals surface area contributed by atoms with Crippen LogP contribution < -0.4 is 35.1 Å².